The molecule has 0 saturated carbocycles. The molecule has 3 heteroatoms. The number of fused-ring (bicyclic) bond motifs is 1. The van der Waals surface area contributed by atoms with Gasteiger partial charge in [0.15, 0.2) is 0 Å². The molecule has 0 aliphatic heterocycles. The number of hydrogen-bond acceptors (Lipinski definition) is 0. The van der Waals surface area contributed by atoms with Gasteiger partial charge in [0.1, 0.15) is 0 Å². The molecule has 0 nitrogen and oxygen atoms in total. The van der Waals surface area contributed by atoms with Crippen LogP contribution in [-0.4, -0.2) is 5.43 Å². The van der Waals surface area contributed by atoms with Gasteiger partial charge in [0.05, 0.1) is 0 Å². The first-order chi connectivity index (χ1) is 13.4. The first-order valence-corrected chi connectivity index (χ1v) is 19.2. The number of allylic oxidation sites excluding steroid dienone is 5. The molecule has 2 aliphatic rings. The van der Waals surface area contributed by atoms with Gasteiger partial charge in [0, 0.05) is 0 Å². The standard InChI is InChI=1S/C15H11.C9H13.C2H6Si.ClH.Zr/c1-2-6-12(7-3-1)14-10-4-8-13-9-5-11-15(13)14;1-6-5-7(2)9(4)8(6)3;1-3-2;;/h1-11H;6H,1-4H3;1-2H3;1H;. The molecule has 0 bridgehead atoms. The van der Waals surface area contributed by atoms with E-state index in [0.717, 1.165) is 0 Å². The zero-order chi connectivity index (χ0) is 20.0. The normalized spacial score (nSPS) is 20.1. The molecular weight excluding hydrogens is 467 g/mol. The topological polar surface area (TPSA) is 0 Å². The predicted octanol–water partition coefficient (Wildman–Crippen LogP) is 7.97. The van der Waals surface area contributed by atoms with Crippen molar-refractivity contribution in [2.75, 3.05) is 0 Å². The van der Waals surface area contributed by atoms with Crippen LogP contribution < -0.4 is 0 Å². The van der Waals surface area contributed by atoms with Gasteiger partial charge >= 0.3 is 179 Å². The summed E-state index contributed by atoms with van der Waals surface area (Å²) in [4.78, 5) is 0. The Balaban J connectivity index is 0.00000240. The summed E-state index contributed by atoms with van der Waals surface area (Å²) in [6.07, 6.45) is 5.02. The van der Waals surface area contributed by atoms with Gasteiger partial charge in [-0.25, -0.2) is 0 Å². The first kappa shape index (κ1) is 22.7. The molecule has 2 aliphatic carbocycles. The Morgan fingerprint density at radius 2 is 1.55 bits per heavy atom. The number of hydrogen-bond donors (Lipinski definition) is 0. The third-order valence-corrected chi connectivity index (χ3v) is 25.4. The van der Waals surface area contributed by atoms with Crippen molar-refractivity contribution in [2.24, 2.45) is 5.92 Å². The Hall–Kier alpha value is -0.950. The molecule has 0 amide bonds. The summed E-state index contributed by atoms with van der Waals surface area (Å²) in [6.45, 7) is 14.8. The number of halogens is 1. The van der Waals surface area contributed by atoms with Crippen LogP contribution in [0.15, 0.2) is 74.6 Å². The average Bonchev–Trinajstić information content (AvgIpc) is 3.20. The van der Waals surface area contributed by atoms with Crippen LogP contribution in [0, 0.1) is 5.92 Å². The maximum absolute atomic E-state index is 2.59. The first-order valence-electron chi connectivity index (χ1n) is 10.3. The van der Waals surface area contributed by atoms with Gasteiger partial charge in [-0.05, 0) is 0 Å². The van der Waals surface area contributed by atoms with E-state index < -0.39 is 20.4 Å². The SMILES string of the molecule is CC1=C(C)C(C)[C]([Zr]([CH]2C=Cc3c(-c4ccccc4)cccc32)=[Si](C)C)=C1C.Cl. The summed E-state index contributed by atoms with van der Waals surface area (Å²) in [6, 6.07) is 17.9. The molecule has 150 valence electrons. The van der Waals surface area contributed by atoms with Crippen molar-refractivity contribution >= 4 is 23.9 Å². The molecular formula is C26H31ClSiZr. The van der Waals surface area contributed by atoms with Crippen LogP contribution in [0.5, 0.6) is 0 Å². The fraction of sp³-hybridized carbons (Fsp3) is 0.308. The molecule has 4 rings (SSSR count). The fourth-order valence-electron chi connectivity index (χ4n) is 5.00. The van der Waals surface area contributed by atoms with Crippen molar-refractivity contribution in [3.8, 4) is 11.1 Å². The maximum atomic E-state index is 2.59. The van der Waals surface area contributed by atoms with Crippen molar-refractivity contribution in [3.05, 3.63) is 85.7 Å². The minimum absolute atomic E-state index is 0. The van der Waals surface area contributed by atoms with Gasteiger partial charge in [-0.3, -0.25) is 0 Å². The molecule has 2 unspecified atom stereocenters. The summed E-state index contributed by atoms with van der Waals surface area (Å²) in [5, 5.41) is 0. The zero-order valence-electron chi connectivity index (χ0n) is 18.3. The Bertz CT molecular complexity index is 1070. The molecule has 0 radical (unpaired) electrons. The fourth-order valence-corrected chi connectivity index (χ4v) is 24.7. The molecule has 2 atom stereocenters. The van der Waals surface area contributed by atoms with Gasteiger partial charge in [0.2, 0.25) is 0 Å². The minimum atomic E-state index is -1.83. The van der Waals surface area contributed by atoms with E-state index in [-0.39, 0.29) is 17.8 Å². The second kappa shape index (κ2) is 9.04. The van der Waals surface area contributed by atoms with E-state index in [4.69, 9.17) is 0 Å². The summed E-state index contributed by atoms with van der Waals surface area (Å²) in [5.74, 6) is 0.670. The van der Waals surface area contributed by atoms with Gasteiger partial charge < -0.3 is 0 Å². The van der Waals surface area contributed by atoms with Crippen molar-refractivity contribution in [1.82, 2.24) is 0 Å². The van der Waals surface area contributed by atoms with E-state index in [0.29, 0.717) is 9.54 Å². The van der Waals surface area contributed by atoms with E-state index in [1.807, 2.05) is 3.28 Å². The summed E-state index contributed by atoms with van der Waals surface area (Å²) in [5.41, 5.74) is 10.4. The van der Waals surface area contributed by atoms with E-state index in [2.05, 4.69) is 101 Å². The van der Waals surface area contributed by atoms with Crippen LogP contribution in [0.4, 0.5) is 0 Å². The second-order valence-corrected chi connectivity index (χ2v) is 25.9. The van der Waals surface area contributed by atoms with Gasteiger partial charge in [-0.1, -0.05) is 0 Å². The second-order valence-electron chi connectivity index (χ2n) is 8.49. The van der Waals surface area contributed by atoms with Crippen LogP contribution in [0.1, 0.15) is 42.4 Å². The Labute approximate surface area is 190 Å². The molecule has 0 heterocycles. The van der Waals surface area contributed by atoms with Crippen molar-refractivity contribution < 1.29 is 20.4 Å². The molecule has 0 N–H and O–H groups in total. The molecule has 0 fully saturated rings. The van der Waals surface area contributed by atoms with E-state index in [1.165, 1.54) is 16.7 Å². The molecule has 0 saturated heterocycles. The smallest absolute Gasteiger partial charge is 0.147 e. The summed E-state index contributed by atoms with van der Waals surface area (Å²) >= 11 is -1.83. The largest absolute Gasteiger partial charge is 0.147 e. The minimum Gasteiger partial charge on any atom is -0.147 e. The van der Waals surface area contributed by atoms with E-state index >= 15 is 0 Å². The van der Waals surface area contributed by atoms with E-state index in [9.17, 15) is 0 Å². The van der Waals surface area contributed by atoms with Crippen LogP contribution in [0.25, 0.3) is 17.2 Å². The van der Waals surface area contributed by atoms with Crippen molar-refractivity contribution in [3.63, 3.8) is 0 Å². The molecule has 0 spiro atoms. The van der Waals surface area contributed by atoms with Gasteiger partial charge in [-0.2, -0.15) is 0 Å². The Morgan fingerprint density at radius 1 is 0.862 bits per heavy atom. The monoisotopic (exact) mass is 496 g/mol. The van der Waals surface area contributed by atoms with E-state index in [1.54, 1.807) is 22.3 Å². The molecule has 2 aromatic carbocycles. The quantitative estimate of drug-likeness (QED) is 0.377. The van der Waals surface area contributed by atoms with Crippen LogP contribution in [0.2, 0.25) is 13.1 Å². The zero-order valence-corrected chi connectivity index (χ0v) is 22.6. The molecule has 29 heavy (non-hydrogen) atoms. The summed E-state index contributed by atoms with van der Waals surface area (Å²) in [7, 11) is 0. The Kier molecular flexibility index (Phi) is 7.09. The molecule has 2 aromatic rings. The average molecular weight is 498 g/mol. The number of rotatable bonds is 3. The third-order valence-electron chi connectivity index (χ3n) is 6.80. The maximum Gasteiger partial charge on any atom is -0.147 e. The van der Waals surface area contributed by atoms with Crippen molar-refractivity contribution in [1.29, 1.82) is 0 Å². The summed E-state index contributed by atoms with van der Waals surface area (Å²) < 4.78 is 2.61. The third kappa shape index (κ3) is 3.89. The van der Waals surface area contributed by atoms with Crippen LogP contribution >= 0.6 is 12.4 Å². The predicted molar refractivity (Wildman–Crippen MR) is 129 cm³/mol. The van der Waals surface area contributed by atoms with Crippen LogP contribution in [0.3, 0.4) is 0 Å². The van der Waals surface area contributed by atoms with Crippen molar-refractivity contribution in [2.45, 2.75) is 44.4 Å². The van der Waals surface area contributed by atoms with Gasteiger partial charge in [-0.15, -0.1) is 12.4 Å². The number of benzene rings is 2. The Morgan fingerprint density at radius 3 is 2.14 bits per heavy atom. The molecule has 0 aromatic heterocycles. The van der Waals surface area contributed by atoms with Gasteiger partial charge in [0.25, 0.3) is 0 Å². The van der Waals surface area contributed by atoms with Crippen LogP contribution in [-0.2, 0) is 20.4 Å².